The zero-order valence-corrected chi connectivity index (χ0v) is 13.4. The van der Waals surface area contributed by atoms with Crippen LogP contribution >= 0.6 is 0 Å². The van der Waals surface area contributed by atoms with Crippen LogP contribution in [0.15, 0.2) is 0 Å². The Labute approximate surface area is 129 Å². The molecule has 2 atom stereocenters. The van der Waals surface area contributed by atoms with Crippen molar-refractivity contribution in [3.8, 4) is 0 Å². The Balaban J connectivity index is 1.45. The molecule has 120 valence electrons. The molecule has 0 aliphatic heterocycles. The first kappa shape index (κ1) is 15.3. The van der Waals surface area contributed by atoms with Crippen molar-refractivity contribution in [2.75, 3.05) is 0 Å². The molecule has 0 aromatic rings. The highest BCUT2D eigenvalue weighted by Crippen LogP contribution is 2.39. The monoisotopic (exact) mass is 292 g/mol. The van der Waals surface area contributed by atoms with Gasteiger partial charge in [0.15, 0.2) is 0 Å². The van der Waals surface area contributed by atoms with Crippen molar-refractivity contribution < 1.29 is 4.79 Å². The first-order chi connectivity index (χ1) is 10.2. The molecule has 0 heterocycles. The topological polar surface area (TPSA) is 55.1 Å². The molecule has 3 heteroatoms. The molecule has 3 aliphatic carbocycles. The summed E-state index contributed by atoms with van der Waals surface area (Å²) in [5, 5.41) is 3.39. The molecule has 2 bridgehead atoms. The molecular formula is C18H32N2O. The van der Waals surface area contributed by atoms with Gasteiger partial charge in [0.2, 0.25) is 5.91 Å². The minimum Gasteiger partial charge on any atom is -0.353 e. The van der Waals surface area contributed by atoms with Gasteiger partial charge in [0.25, 0.3) is 0 Å². The third-order valence-corrected chi connectivity index (χ3v) is 6.21. The standard InChI is InChI=1S/C18H32N2O/c19-16-11-14-7-4-8-15(12-16)18(14)20-17(21)10-9-13-5-2-1-3-6-13/h13-16,18H,1-12,19H2,(H,20,21). The number of carbonyl (C=O) groups is 1. The third-order valence-electron chi connectivity index (χ3n) is 6.21. The summed E-state index contributed by atoms with van der Waals surface area (Å²) in [6.07, 6.45) is 14.8. The summed E-state index contributed by atoms with van der Waals surface area (Å²) in [5.74, 6) is 2.40. The van der Waals surface area contributed by atoms with E-state index < -0.39 is 0 Å². The molecule has 3 saturated carbocycles. The summed E-state index contributed by atoms with van der Waals surface area (Å²) < 4.78 is 0. The maximum absolute atomic E-state index is 12.3. The average molecular weight is 292 g/mol. The van der Waals surface area contributed by atoms with Gasteiger partial charge in [-0.05, 0) is 49.9 Å². The van der Waals surface area contributed by atoms with Crippen molar-refractivity contribution in [3.05, 3.63) is 0 Å². The highest BCUT2D eigenvalue weighted by molar-refractivity contribution is 5.76. The van der Waals surface area contributed by atoms with Gasteiger partial charge in [-0.2, -0.15) is 0 Å². The predicted molar refractivity (Wildman–Crippen MR) is 85.8 cm³/mol. The molecule has 0 saturated heterocycles. The molecule has 0 spiro atoms. The van der Waals surface area contributed by atoms with Gasteiger partial charge in [-0.1, -0.05) is 38.5 Å². The van der Waals surface area contributed by atoms with Gasteiger partial charge in [-0.3, -0.25) is 4.79 Å². The largest absolute Gasteiger partial charge is 0.353 e. The first-order valence-corrected chi connectivity index (χ1v) is 9.27. The van der Waals surface area contributed by atoms with E-state index in [2.05, 4.69) is 5.32 Å². The van der Waals surface area contributed by atoms with E-state index in [4.69, 9.17) is 5.73 Å². The maximum atomic E-state index is 12.3. The molecule has 3 aliphatic rings. The number of hydrogen-bond acceptors (Lipinski definition) is 2. The SMILES string of the molecule is NC1CC2CCCC(C1)C2NC(=O)CCC1CCCCC1. The summed E-state index contributed by atoms with van der Waals surface area (Å²) in [6.45, 7) is 0. The third kappa shape index (κ3) is 4.00. The van der Waals surface area contributed by atoms with Crippen LogP contribution in [0.2, 0.25) is 0 Å². The smallest absolute Gasteiger partial charge is 0.220 e. The van der Waals surface area contributed by atoms with Crippen molar-refractivity contribution in [1.82, 2.24) is 5.32 Å². The van der Waals surface area contributed by atoms with Crippen molar-refractivity contribution >= 4 is 5.91 Å². The molecule has 1 amide bonds. The number of hydrogen-bond donors (Lipinski definition) is 2. The van der Waals surface area contributed by atoms with E-state index in [9.17, 15) is 4.79 Å². The molecule has 2 unspecified atom stereocenters. The number of fused-ring (bicyclic) bond motifs is 2. The highest BCUT2D eigenvalue weighted by atomic mass is 16.1. The van der Waals surface area contributed by atoms with Gasteiger partial charge in [0.05, 0.1) is 0 Å². The second-order valence-corrected chi connectivity index (χ2v) is 7.82. The predicted octanol–water partition coefficient (Wildman–Crippen LogP) is 3.37. The molecule has 3 nitrogen and oxygen atoms in total. The second-order valence-electron chi connectivity index (χ2n) is 7.82. The van der Waals surface area contributed by atoms with Crippen LogP contribution in [-0.2, 0) is 4.79 Å². The lowest BCUT2D eigenvalue weighted by atomic mass is 9.67. The van der Waals surface area contributed by atoms with Gasteiger partial charge >= 0.3 is 0 Å². The summed E-state index contributed by atoms with van der Waals surface area (Å²) in [4.78, 5) is 12.3. The lowest BCUT2D eigenvalue weighted by Crippen LogP contribution is -2.53. The minimum atomic E-state index is 0.304. The van der Waals surface area contributed by atoms with E-state index in [1.165, 1.54) is 51.4 Å². The van der Waals surface area contributed by atoms with Gasteiger partial charge in [-0.15, -0.1) is 0 Å². The quantitative estimate of drug-likeness (QED) is 0.834. The maximum Gasteiger partial charge on any atom is 0.220 e. The Morgan fingerprint density at radius 2 is 1.62 bits per heavy atom. The highest BCUT2D eigenvalue weighted by Gasteiger charge is 2.39. The van der Waals surface area contributed by atoms with Crippen molar-refractivity contribution in [2.24, 2.45) is 23.5 Å². The normalized spacial score (nSPS) is 37.2. The summed E-state index contributed by atoms with van der Waals surface area (Å²) >= 11 is 0. The molecule has 0 aromatic heterocycles. The van der Waals surface area contributed by atoms with Crippen LogP contribution in [0.3, 0.4) is 0 Å². The number of nitrogens with two attached hydrogens (primary N) is 1. The minimum absolute atomic E-state index is 0.304. The van der Waals surface area contributed by atoms with Crippen LogP contribution < -0.4 is 11.1 Å². The molecule has 0 radical (unpaired) electrons. The van der Waals surface area contributed by atoms with E-state index in [1.807, 2.05) is 0 Å². The summed E-state index contributed by atoms with van der Waals surface area (Å²) in [7, 11) is 0. The fourth-order valence-electron chi connectivity index (χ4n) is 5.09. The lowest BCUT2D eigenvalue weighted by molar-refractivity contribution is -0.123. The van der Waals surface area contributed by atoms with E-state index in [1.54, 1.807) is 0 Å². The van der Waals surface area contributed by atoms with Crippen LogP contribution in [0.4, 0.5) is 0 Å². The summed E-state index contributed by atoms with van der Waals surface area (Å²) in [5.41, 5.74) is 6.16. The zero-order chi connectivity index (χ0) is 14.7. The number of rotatable bonds is 4. The molecule has 21 heavy (non-hydrogen) atoms. The molecule has 3 N–H and O–H groups in total. The lowest BCUT2D eigenvalue weighted by Gasteiger charge is -2.45. The van der Waals surface area contributed by atoms with E-state index in [-0.39, 0.29) is 0 Å². The molecule has 3 fully saturated rings. The van der Waals surface area contributed by atoms with Crippen LogP contribution in [0.1, 0.15) is 77.0 Å². The summed E-state index contributed by atoms with van der Waals surface area (Å²) in [6, 6.07) is 0.799. The zero-order valence-electron chi connectivity index (χ0n) is 13.4. The Morgan fingerprint density at radius 3 is 2.29 bits per heavy atom. The van der Waals surface area contributed by atoms with Gasteiger partial charge in [-0.25, -0.2) is 0 Å². The van der Waals surface area contributed by atoms with Gasteiger partial charge < -0.3 is 11.1 Å². The van der Waals surface area contributed by atoms with Crippen LogP contribution in [0.25, 0.3) is 0 Å². The Kier molecular flexibility index (Phi) is 5.20. The second kappa shape index (κ2) is 7.13. The van der Waals surface area contributed by atoms with Crippen molar-refractivity contribution in [3.63, 3.8) is 0 Å². The number of nitrogens with one attached hydrogen (secondary N) is 1. The van der Waals surface area contributed by atoms with E-state index >= 15 is 0 Å². The van der Waals surface area contributed by atoms with Crippen molar-refractivity contribution in [2.45, 2.75) is 89.1 Å². The van der Waals surface area contributed by atoms with Crippen LogP contribution in [0.5, 0.6) is 0 Å². The van der Waals surface area contributed by atoms with Gasteiger partial charge in [0.1, 0.15) is 0 Å². The Bertz CT molecular complexity index is 337. The molecule has 0 aromatic carbocycles. The molecule has 3 rings (SSSR count). The fraction of sp³-hybridized carbons (Fsp3) is 0.944. The van der Waals surface area contributed by atoms with Crippen LogP contribution in [0, 0.1) is 17.8 Å². The van der Waals surface area contributed by atoms with E-state index in [0.29, 0.717) is 29.8 Å². The average Bonchev–Trinajstić information content (AvgIpc) is 2.47. The van der Waals surface area contributed by atoms with Crippen molar-refractivity contribution in [1.29, 1.82) is 0 Å². The van der Waals surface area contributed by atoms with Crippen LogP contribution in [-0.4, -0.2) is 18.0 Å². The van der Waals surface area contributed by atoms with E-state index in [0.717, 1.165) is 31.6 Å². The Morgan fingerprint density at radius 1 is 0.952 bits per heavy atom. The number of amides is 1. The number of carbonyl (C=O) groups excluding carboxylic acids is 1. The first-order valence-electron chi connectivity index (χ1n) is 9.27. The fourth-order valence-corrected chi connectivity index (χ4v) is 5.09. The Hall–Kier alpha value is -0.570. The van der Waals surface area contributed by atoms with Gasteiger partial charge in [0, 0.05) is 18.5 Å². The molecular weight excluding hydrogens is 260 g/mol.